The van der Waals surface area contributed by atoms with E-state index in [1.807, 2.05) is 61.5 Å². The van der Waals surface area contributed by atoms with E-state index < -0.39 is 23.8 Å². The number of nitrogens with zero attached hydrogens (tertiary/aromatic N) is 1. The third kappa shape index (κ3) is 8.34. The fourth-order valence-corrected chi connectivity index (χ4v) is 4.35. The van der Waals surface area contributed by atoms with Crippen LogP contribution in [0.3, 0.4) is 0 Å². The summed E-state index contributed by atoms with van der Waals surface area (Å²) in [5.41, 5.74) is 1.94. The van der Waals surface area contributed by atoms with Crippen molar-refractivity contribution in [3.8, 4) is 0 Å². The summed E-state index contributed by atoms with van der Waals surface area (Å²) in [7, 11) is 0. The van der Waals surface area contributed by atoms with E-state index in [0.29, 0.717) is 13.0 Å². The molecule has 0 bridgehead atoms. The van der Waals surface area contributed by atoms with E-state index >= 15 is 0 Å². The molecule has 1 aliphatic rings. The van der Waals surface area contributed by atoms with Crippen LogP contribution in [-0.2, 0) is 20.7 Å². The van der Waals surface area contributed by atoms with Gasteiger partial charge in [0.05, 0.1) is 0 Å². The Hall–Kier alpha value is -3.35. The molecular weight excluding hydrogens is 466 g/mol. The number of benzene rings is 2. The highest BCUT2D eigenvalue weighted by atomic mass is 16.6. The van der Waals surface area contributed by atoms with Gasteiger partial charge in [-0.15, -0.1) is 0 Å². The number of ether oxygens (including phenoxy) is 1. The molecule has 7 heteroatoms. The molecule has 2 N–H and O–H groups in total. The average molecular weight is 508 g/mol. The van der Waals surface area contributed by atoms with Gasteiger partial charge in [0, 0.05) is 19.0 Å². The Labute approximate surface area is 221 Å². The van der Waals surface area contributed by atoms with Gasteiger partial charge in [-0.05, 0) is 63.6 Å². The lowest BCUT2D eigenvalue weighted by atomic mass is 9.97. The fourth-order valence-electron chi connectivity index (χ4n) is 4.35. The Balaban J connectivity index is 1.98. The highest BCUT2D eigenvalue weighted by Gasteiger charge is 2.44. The molecule has 3 amide bonds. The van der Waals surface area contributed by atoms with Crippen molar-refractivity contribution in [3.05, 3.63) is 71.3 Å². The SMILES string of the molecule is CCCCNC(=O)C(c1ccccc1C)N(C(=O)C(Cc1ccccc1)NC(=O)OC(C)(C)C)C1CC1. The highest BCUT2D eigenvalue weighted by Crippen LogP contribution is 2.36. The molecule has 3 rings (SSSR count). The lowest BCUT2D eigenvalue weighted by Gasteiger charge is -2.35. The lowest BCUT2D eigenvalue weighted by Crippen LogP contribution is -2.54. The van der Waals surface area contributed by atoms with Gasteiger partial charge in [0.2, 0.25) is 11.8 Å². The van der Waals surface area contributed by atoms with Crippen LogP contribution >= 0.6 is 0 Å². The molecule has 7 nitrogen and oxygen atoms in total. The van der Waals surface area contributed by atoms with E-state index in [4.69, 9.17) is 4.74 Å². The maximum absolute atomic E-state index is 14.3. The summed E-state index contributed by atoms with van der Waals surface area (Å²) in [6.45, 7) is 9.93. The van der Waals surface area contributed by atoms with Gasteiger partial charge in [0.1, 0.15) is 17.7 Å². The number of carbonyl (C=O) groups excluding carboxylic acids is 3. The van der Waals surface area contributed by atoms with E-state index in [9.17, 15) is 14.4 Å². The number of amides is 3. The molecule has 2 atom stereocenters. The number of carbonyl (C=O) groups is 3. The van der Waals surface area contributed by atoms with Crippen LogP contribution in [0.15, 0.2) is 54.6 Å². The molecular formula is C30H41N3O4. The molecule has 0 saturated heterocycles. The molecule has 200 valence electrons. The molecule has 1 saturated carbocycles. The Bertz CT molecular complexity index is 1060. The number of nitrogens with one attached hydrogen (secondary N) is 2. The van der Waals surface area contributed by atoms with Crippen LogP contribution in [0.25, 0.3) is 0 Å². The van der Waals surface area contributed by atoms with Crippen LogP contribution in [-0.4, -0.2) is 47.0 Å². The topological polar surface area (TPSA) is 87.7 Å². The van der Waals surface area contributed by atoms with E-state index in [2.05, 4.69) is 17.6 Å². The summed E-state index contributed by atoms with van der Waals surface area (Å²) in [5.74, 6) is -0.477. The first-order chi connectivity index (χ1) is 17.6. The molecule has 0 spiro atoms. The number of alkyl carbamates (subject to hydrolysis) is 1. The Morgan fingerprint density at radius 3 is 2.27 bits per heavy atom. The van der Waals surface area contributed by atoms with Crippen molar-refractivity contribution in [2.45, 2.75) is 90.4 Å². The minimum absolute atomic E-state index is 0.0623. The molecule has 0 radical (unpaired) electrons. The summed E-state index contributed by atoms with van der Waals surface area (Å²) in [6.07, 6.45) is 3.10. The zero-order chi connectivity index (χ0) is 27.0. The average Bonchev–Trinajstić information content (AvgIpc) is 3.67. The minimum Gasteiger partial charge on any atom is -0.444 e. The molecule has 0 heterocycles. The molecule has 2 unspecified atom stereocenters. The Morgan fingerprint density at radius 2 is 1.68 bits per heavy atom. The van der Waals surface area contributed by atoms with Crippen molar-refractivity contribution < 1.29 is 19.1 Å². The zero-order valence-electron chi connectivity index (χ0n) is 22.8. The van der Waals surface area contributed by atoms with Gasteiger partial charge in [-0.1, -0.05) is 67.9 Å². The van der Waals surface area contributed by atoms with Crippen LogP contribution in [0, 0.1) is 6.92 Å². The van der Waals surface area contributed by atoms with Crippen LogP contribution in [0.4, 0.5) is 4.79 Å². The lowest BCUT2D eigenvalue weighted by molar-refractivity contribution is -0.143. The summed E-state index contributed by atoms with van der Waals surface area (Å²) in [5, 5.41) is 5.86. The van der Waals surface area contributed by atoms with Crippen molar-refractivity contribution in [3.63, 3.8) is 0 Å². The van der Waals surface area contributed by atoms with E-state index in [1.54, 1.807) is 25.7 Å². The largest absolute Gasteiger partial charge is 0.444 e. The monoisotopic (exact) mass is 507 g/mol. The third-order valence-corrected chi connectivity index (χ3v) is 6.31. The molecule has 0 aromatic heterocycles. The third-order valence-electron chi connectivity index (χ3n) is 6.31. The fraction of sp³-hybridized carbons (Fsp3) is 0.500. The van der Waals surface area contributed by atoms with Crippen LogP contribution in [0.1, 0.15) is 76.1 Å². The maximum atomic E-state index is 14.3. The van der Waals surface area contributed by atoms with Gasteiger partial charge in [0.25, 0.3) is 0 Å². The van der Waals surface area contributed by atoms with Crippen molar-refractivity contribution >= 4 is 17.9 Å². The molecule has 1 aliphatic carbocycles. The maximum Gasteiger partial charge on any atom is 0.408 e. The number of aryl methyl sites for hydroxylation is 1. The Kier molecular flexibility index (Phi) is 9.73. The second kappa shape index (κ2) is 12.7. The summed E-state index contributed by atoms with van der Waals surface area (Å²) in [6, 6.07) is 15.5. The number of hydrogen-bond donors (Lipinski definition) is 2. The quantitative estimate of drug-likeness (QED) is 0.415. The number of hydrogen-bond acceptors (Lipinski definition) is 4. The van der Waals surface area contributed by atoms with E-state index in [0.717, 1.165) is 42.4 Å². The molecule has 37 heavy (non-hydrogen) atoms. The summed E-state index contributed by atoms with van der Waals surface area (Å²) < 4.78 is 5.49. The molecule has 2 aromatic rings. The summed E-state index contributed by atoms with van der Waals surface area (Å²) >= 11 is 0. The first-order valence-corrected chi connectivity index (χ1v) is 13.3. The van der Waals surface area contributed by atoms with Crippen molar-refractivity contribution in [1.29, 1.82) is 0 Å². The van der Waals surface area contributed by atoms with Gasteiger partial charge < -0.3 is 20.3 Å². The predicted molar refractivity (Wildman–Crippen MR) is 145 cm³/mol. The van der Waals surface area contributed by atoms with E-state index in [1.165, 1.54) is 0 Å². The molecule has 2 aromatic carbocycles. The second-order valence-corrected chi connectivity index (χ2v) is 10.8. The zero-order valence-corrected chi connectivity index (χ0v) is 22.8. The van der Waals surface area contributed by atoms with Gasteiger partial charge >= 0.3 is 6.09 Å². The normalized spacial score (nSPS) is 14.8. The van der Waals surface area contributed by atoms with Crippen molar-refractivity contribution in [2.24, 2.45) is 0 Å². The number of unbranched alkanes of at least 4 members (excludes halogenated alkanes) is 1. The van der Waals surface area contributed by atoms with E-state index in [-0.39, 0.29) is 17.9 Å². The van der Waals surface area contributed by atoms with Crippen molar-refractivity contribution in [1.82, 2.24) is 15.5 Å². The smallest absolute Gasteiger partial charge is 0.408 e. The standard InChI is InChI=1S/C30H41N3O4/c1-6-7-19-31-27(34)26(24-16-12-11-13-21(24)2)33(23-17-18-23)28(35)25(20-22-14-9-8-10-15-22)32-29(36)37-30(3,4)5/h8-16,23,25-26H,6-7,17-20H2,1-5H3,(H,31,34)(H,32,36). The second-order valence-electron chi connectivity index (χ2n) is 10.8. The Morgan fingerprint density at radius 1 is 1.03 bits per heavy atom. The van der Waals surface area contributed by atoms with Gasteiger partial charge in [-0.3, -0.25) is 9.59 Å². The van der Waals surface area contributed by atoms with Crippen LogP contribution in [0.2, 0.25) is 0 Å². The molecule has 1 fully saturated rings. The molecule has 0 aliphatic heterocycles. The van der Waals surface area contributed by atoms with Crippen LogP contribution in [0.5, 0.6) is 0 Å². The van der Waals surface area contributed by atoms with Gasteiger partial charge in [-0.25, -0.2) is 4.79 Å². The highest BCUT2D eigenvalue weighted by molar-refractivity contribution is 5.93. The van der Waals surface area contributed by atoms with Crippen LogP contribution < -0.4 is 10.6 Å². The predicted octanol–water partition coefficient (Wildman–Crippen LogP) is 5.08. The minimum atomic E-state index is -0.882. The first kappa shape index (κ1) is 28.2. The van der Waals surface area contributed by atoms with Gasteiger partial charge in [0.15, 0.2) is 0 Å². The van der Waals surface area contributed by atoms with Gasteiger partial charge in [-0.2, -0.15) is 0 Å². The number of rotatable bonds is 11. The first-order valence-electron chi connectivity index (χ1n) is 13.3. The summed E-state index contributed by atoms with van der Waals surface area (Å²) in [4.78, 5) is 42.4. The van der Waals surface area contributed by atoms with Crippen molar-refractivity contribution in [2.75, 3.05) is 6.54 Å².